The van der Waals surface area contributed by atoms with Crippen molar-refractivity contribution in [1.82, 2.24) is 20.1 Å². The summed E-state index contributed by atoms with van der Waals surface area (Å²) in [6.07, 6.45) is 2.98. The van der Waals surface area contributed by atoms with Gasteiger partial charge in [0, 0.05) is 17.0 Å². The van der Waals surface area contributed by atoms with Crippen LogP contribution in [0.1, 0.15) is 43.7 Å². The van der Waals surface area contributed by atoms with Crippen molar-refractivity contribution in [3.05, 3.63) is 42.0 Å². The van der Waals surface area contributed by atoms with Crippen molar-refractivity contribution in [2.24, 2.45) is 0 Å². The summed E-state index contributed by atoms with van der Waals surface area (Å²) in [7, 11) is 0. The molecule has 0 fully saturated rings. The summed E-state index contributed by atoms with van der Waals surface area (Å²) in [5.74, 6) is 2.18. The predicted molar refractivity (Wildman–Crippen MR) is 81.8 cm³/mol. The number of hydrogen-bond acceptors (Lipinski definition) is 4. The highest BCUT2D eigenvalue weighted by molar-refractivity contribution is 7.99. The Kier molecular flexibility index (Phi) is 4.08. The molecule has 2 heterocycles. The molecule has 0 bridgehead atoms. The van der Waals surface area contributed by atoms with Gasteiger partial charge in [-0.05, 0) is 37.7 Å². The number of aromatic nitrogens is 3. The van der Waals surface area contributed by atoms with Crippen LogP contribution in [0.5, 0.6) is 0 Å². The van der Waals surface area contributed by atoms with Crippen LogP contribution in [0.2, 0.25) is 0 Å². The predicted octanol–water partition coefficient (Wildman–Crippen LogP) is 3.19. The molecule has 4 nitrogen and oxygen atoms in total. The van der Waals surface area contributed by atoms with Gasteiger partial charge >= 0.3 is 0 Å². The van der Waals surface area contributed by atoms with Gasteiger partial charge in [-0.1, -0.05) is 18.2 Å². The third kappa shape index (κ3) is 2.74. The highest BCUT2D eigenvalue weighted by Gasteiger charge is 2.20. The molecule has 1 aliphatic heterocycles. The van der Waals surface area contributed by atoms with E-state index in [1.54, 1.807) is 0 Å². The fourth-order valence-electron chi connectivity index (χ4n) is 2.59. The summed E-state index contributed by atoms with van der Waals surface area (Å²) in [6, 6.07) is 9.50. The molecule has 0 saturated carbocycles. The highest BCUT2D eigenvalue weighted by Crippen LogP contribution is 2.35. The SMILES string of the molecule is CC(C)n1cnnc1CN[C@H]1CCSc2ccccc21. The lowest BCUT2D eigenvalue weighted by atomic mass is 10.0. The minimum atomic E-state index is 0.399. The van der Waals surface area contributed by atoms with Gasteiger partial charge in [-0.15, -0.1) is 22.0 Å². The van der Waals surface area contributed by atoms with Crippen LogP contribution in [-0.2, 0) is 6.54 Å². The lowest BCUT2D eigenvalue weighted by Crippen LogP contribution is -2.26. The first-order valence-corrected chi connectivity index (χ1v) is 8.07. The Hall–Kier alpha value is -1.33. The largest absolute Gasteiger partial charge is 0.314 e. The van der Waals surface area contributed by atoms with E-state index in [0.717, 1.165) is 18.8 Å². The molecule has 1 aromatic carbocycles. The van der Waals surface area contributed by atoms with Crippen LogP contribution in [0, 0.1) is 0 Å². The molecule has 0 saturated heterocycles. The van der Waals surface area contributed by atoms with Crippen molar-refractivity contribution in [2.45, 2.75) is 43.8 Å². The average Bonchev–Trinajstić information content (AvgIpc) is 2.93. The van der Waals surface area contributed by atoms with Gasteiger partial charge in [0.1, 0.15) is 12.2 Å². The molecule has 1 atom stereocenters. The summed E-state index contributed by atoms with van der Waals surface area (Å²) in [4.78, 5) is 1.40. The summed E-state index contributed by atoms with van der Waals surface area (Å²) >= 11 is 1.95. The Labute approximate surface area is 124 Å². The fourth-order valence-corrected chi connectivity index (χ4v) is 3.72. The summed E-state index contributed by atoms with van der Waals surface area (Å²) in [5, 5.41) is 11.9. The molecule has 1 aromatic heterocycles. The zero-order valence-electron chi connectivity index (χ0n) is 11.9. The molecule has 0 radical (unpaired) electrons. The van der Waals surface area contributed by atoms with Crippen LogP contribution in [0.15, 0.2) is 35.5 Å². The highest BCUT2D eigenvalue weighted by atomic mass is 32.2. The van der Waals surface area contributed by atoms with Crippen molar-refractivity contribution in [2.75, 3.05) is 5.75 Å². The molecule has 106 valence electrons. The van der Waals surface area contributed by atoms with E-state index in [0.29, 0.717) is 12.1 Å². The zero-order chi connectivity index (χ0) is 13.9. The van der Waals surface area contributed by atoms with E-state index in [1.165, 1.54) is 16.2 Å². The van der Waals surface area contributed by atoms with Gasteiger partial charge in [-0.2, -0.15) is 0 Å². The Bertz CT molecular complexity index is 579. The molecule has 0 amide bonds. The zero-order valence-corrected chi connectivity index (χ0v) is 12.7. The lowest BCUT2D eigenvalue weighted by Gasteiger charge is -2.26. The molecular weight excluding hydrogens is 268 g/mol. The molecule has 0 unspecified atom stereocenters. The molecule has 0 aliphatic carbocycles. The van der Waals surface area contributed by atoms with Crippen LogP contribution in [0.4, 0.5) is 0 Å². The Morgan fingerprint density at radius 1 is 1.40 bits per heavy atom. The van der Waals surface area contributed by atoms with Crippen molar-refractivity contribution in [3.63, 3.8) is 0 Å². The normalized spacial score (nSPS) is 18.2. The van der Waals surface area contributed by atoms with Crippen LogP contribution < -0.4 is 5.32 Å². The number of rotatable bonds is 4. The van der Waals surface area contributed by atoms with Gasteiger partial charge in [0.2, 0.25) is 0 Å². The average molecular weight is 288 g/mol. The number of fused-ring (bicyclic) bond motifs is 1. The number of benzene rings is 1. The van der Waals surface area contributed by atoms with Crippen molar-refractivity contribution in [3.8, 4) is 0 Å². The second-order valence-corrected chi connectivity index (χ2v) is 6.49. The van der Waals surface area contributed by atoms with Gasteiger partial charge in [-0.25, -0.2) is 0 Å². The number of nitrogens with zero attached hydrogens (tertiary/aromatic N) is 3. The van der Waals surface area contributed by atoms with Crippen molar-refractivity contribution in [1.29, 1.82) is 0 Å². The molecular formula is C15H20N4S. The molecule has 0 spiro atoms. The van der Waals surface area contributed by atoms with Crippen molar-refractivity contribution >= 4 is 11.8 Å². The van der Waals surface area contributed by atoms with Gasteiger partial charge in [0.25, 0.3) is 0 Å². The maximum atomic E-state index is 4.22. The molecule has 5 heteroatoms. The summed E-state index contributed by atoms with van der Waals surface area (Å²) < 4.78 is 2.12. The van der Waals surface area contributed by atoms with Gasteiger partial charge < -0.3 is 9.88 Å². The number of thioether (sulfide) groups is 1. The van der Waals surface area contributed by atoms with Crippen molar-refractivity contribution < 1.29 is 0 Å². The minimum Gasteiger partial charge on any atom is -0.314 e. The quantitative estimate of drug-likeness (QED) is 0.938. The molecule has 2 aromatic rings. The molecule has 1 N–H and O–H groups in total. The van der Waals surface area contributed by atoms with E-state index in [4.69, 9.17) is 0 Å². The Balaban J connectivity index is 1.72. The maximum Gasteiger partial charge on any atom is 0.147 e. The van der Waals surface area contributed by atoms with Gasteiger partial charge in [0.15, 0.2) is 0 Å². The van der Waals surface area contributed by atoms with Gasteiger partial charge in [-0.3, -0.25) is 0 Å². The smallest absolute Gasteiger partial charge is 0.147 e. The maximum absolute atomic E-state index is 4.22. The van der Waals surface area contributed by atoms with E-state index < -0.39 is 0 Å². The summed E-state index contributed by atoms with van der Waals surface area (Å²) in [5.41, 5.74) is 1.42. The van der Waals surface area contributed by atoms with E-state index in [2.05, 4.69) is 58.2 Å². The third-order valence-electron chi connectivity index (χ3n) is 3.67. The second-order valence-electron chi connectivity index (χ2n) is 5.36. The first-order valence-electron chi connectivity index (χ1n) is 7.09. The molecule has 3 rings (SSSR count). The summed E-state index contributed by atoms with van der Waals surface area (Å²) in [6.45, 7) is 5.07. The van der Waals surface area contributed by atoms with Crippen LogP contribution >= 0.6 is 11.8 Å². The van der Waals surface area contributed by atoms with E-state index in [-0.39, 0.29) is 0 Å². The molecule has 1 aliphatic rings. The van der Waals surface area contributed by atoms with Crippen LogP contribution in [-0.4, -0.2) is 20.5 Å². The Morgan fingerprint density at radius 3 is 3.10 bits per heavy atom. The lowest BCUT2D eigenvalue weighted by molar-refractivity contribution is 0.475. The number of hydrogen-bond donors (Lipinski definition) is 1. The van der Waals surface area contributed by atoms with Crippen LogP contribution in [0.25, 0.3) is 0 Å². The Morgan fingerprint density at radius 2 is 2.25 bits per heavy atom. The fraction of sp³-hybridized carbons (Fsp3) is 0.467. The number of nitrogens with one attached hydrogen (secondary N) is 1. The van der Waals surface area contributed by atoms with E-state index >= 15 is 0 Å². The minimum absolute atomic E-state index is 0.399. The first-order chi connectivity index (χ1) is 9.75. The second kappa shape index (κ2) is 5.97. The van der Waals surface area contributed by atoms with Gasteiger partial charge in [0.05, 0.1) is 6.54 Å². The van der Waals surface area contributed by atoms with E-state index in [1.807, 2.05) is 18.1 Å². The third-order valence-corrected chi connectivity index (χ3v) is 4.79. The standard InChI is InChI=1S/C15H20N4S/c1-11(2)19-10-17-18-15(19)9-16-13-7-8-20-14-6-4-3-5-12(13)14/h3-6,10-11,13,16H,7-9H2,1-2H3/t13-/m0/s1. The van der Waals surface area contributed by atoms with Crippen LogP contribution in [0.3, 0.4) is 0 Å². The monoisotopic (exact) mass is 288 g/mol. The topological polar surface area (TPSA) is 42.7 Å². The molecule has 20 heavy (non-hydrogen) atoms. The van der Waals surface area contributed by atoms with E-state index in [9.17, 15) is 0 Å². The first kappa shape index (κ1) is 13.6.